The van der Waals surface area contributed by atoms with Gasteiger partial charge in [0.05, 0.1) is 19.3 Å². The first-order chi connectivity index (χ1) is 9.97. The third-order valence-electron chi connectivity index (χ3n) is 3.95. The van der Waals surface area contributed by atoms with Crippen molar-refractivity contribution in [3.63, 3.8) is 0 Å². The molecule has 1 aliphatic heterocycles. The van der Waals surface area contributed by atoms with E-state index in [1.54, 1.807) is 13.8 Å². The van der Waals surface area contributed by atoms with Crippen LogP contribution in [0, 0.1) is 23.5 Å². The van der Waals surface area contributed by atoms with Crippen molar-refractivity contribution in [3.05, 3.63) is 29.3 Å². The molecule has 2 aliphatic rings. The molecular formula is C15H17F2NO3. The van der Waals surface area contributed by atoms with Gasteiger partial charge in [0.1, 0.15) is 11.6 Å². The average molecular weight is 297 g/mol. The zero-order valence-corrected chi connectivity index (χ0v) is 11.9. The van der Waals surface area contributed by atoms with Crippen molar-refractivity contribution < 1.29 is 23.0 Å². The van der Waals surface area contributed by atoms with Crippen molar-refractivity contribution in [3.8, 4) is 0 Å². The number of halogens is 2. The summed E-state index contributed by atoms with van der Waals surface area (Å²) in [5, 5.41) is 2.33. The van der Waals surface area contributed by atoms with Crippen molar-refractivity contribution in [2.24, 2.45) is 11.8 Å². The van der Waals surface area contributed by atoms with Gasteiger partial charge in [0, 0.05) is 17.2 Å². The van der Waals surface area contributed by atoms with Gasteiger partial charge >= 0.3 is 6.09 Å². The van der Waals surface area contributed by atoms with E-state index in [1.807, 2.05) is 0 Å². The summed E-state index contributed by atoms with van der Waals surface area (Å²) in [5.41, 5.74) is 0.164. The van der Waals surface area contributed by atoms with Crippen LogP contribution in [0.2, 0.25) is 0 Å². The van der Waals surface area contributed by atoms with Gasteiger partial charge in [-0.2, -0.15) is 0 Å². The number of carbonyl (C=O) groups excluding carboxylic acids is 1. The lowest BCUT2D eigenvalue weighted by atomic mass is 10.1. The van der Waals surface area contributed by atoms with Gasteiger partial charge in [-0.1, -0.05) is 0 Å². The fourth-order valence-corrected chi connectivity index (χ4v) is 3.00. The van der Waals surface area contributed by atoms with Crippen LogP contribution in [-0.4, -0.2) is 25.4 Å². The Hall–Kier alpha value is -1.69. The molecule has 1 N–H and O–H groups in total. The first kappa shape index (κ1) is 14.3. The Labute approximate surface area is 121 Å². The van der Waals surface area contributed by atoms with Crippen molar-refractivity contribution in [1.82, 2.24) is 0 Å². The SMILES string of the molecule is CC(C)OC(=O)Nc1cc(F)c(C2[C@H]3COC[C@@H]23)c(F)c1. The number of fused-ring (bicyclic) bond motifs is 1. The molecular weight excluding hydrogens is 280 g/mol. The highest BCUT2D eigenvalue weighted by atomic mass is 19.1. The van der Waals surface area contributed by atoms with Crippen LogP contribution in [-0.2, 0) is 9.47 Å². The minimum Gasteiger partial charge on any atom is -0.447 e. The number of hydrogen-bond acceptors (Lipinski definition) is 3. The smallest absolute Gasteiger partial charge is 0.411 e. The normalized spacial score (nSPS) is 26.6. The molecule has 0 aromatic heterocycles. The van der Waals surface area contributed by atoms with Crippen LogP contribution >= 0.6 is 0 Å². The van der Waals surface area contributed by atoms with E-state index in [0.29, 0.717) is 13.2 Å². The predicted octanol–water partition coefficient (Wildman–Crippen LogP) is 3.28. The molecule has 114 valence electrons. The Morgan fingerprint density at radius 3 is 2.38 bits per heavy atom. The number of anilines is 1. The molecule has 1 aromatic rings. The van der Waals surface area contributed by atoms with E-state index in [-0.39, 0.29) is 35.1 Å². The van der Waals surface area contributed by atoms with Gasteiger partial charge in [-0.3, -0.25) is 5.32 Å². The van der Waals surface area contributed by atoms with E-state index < -0.39 is 17.7 Å². The number of hydrogen-bond donors (Lipinski definition) is 1. The predicted molar refractivity (Wildman–Crippen MR) is 72.1 cm³/mol. The minimum atomic E-state index is -0.728. The second-order valence-corrected chi connectivity index (χ2v) is 5.82. The topological polar surface area (TPSA) is 47.6 Å². The second-order valence-electron chi connectivity index (χ2n) is 5.82. The van der Waals surface area contributed by atoms with E-state index in [4.69, 9.17) is 9.47 Å². The van der Waals surface area contributed by atoms with Gasteiger partial charge in [0.25, 0.3) is 0 Å². The molecule has 0 bridgehead atoms. The number of carbonyl (C=O) groups is 1. The second kappa shape index (κ2) is 5.26. The summed E-state index contributed by atoms with van der Waals surface area (Å²) in [4.78, 5) is 11.4. The molecule has 21 heavy (non-hydrogen) atoms. The van der Waals surface area contributed by atoms with Crippen molar-refractivity contribution in [2.45, 2.75) is 25.9 Å². The number of ether oxygens (including phenoxy) is 2. The maximum atomic E-state index is 14.1. The monoisotopic (exact) mass is 297 g/mol. The van der Waals surface area contributed by atoms with E-state index in [0.717, 1.165) is 12.1 Å². The van der Waals surface area contributed by atoms with Crippen LogP contribution in [0.4, 0.5) is 19.3 Å². The molecule has 0 spiro atoms. The highest BCUT2D eigenvalue weighted by Crippen LogP contribution is 2.58. The molecule has 1 saturated heterocycles. The Kier molecular flexibility index (Phi) is 3.57. The number of amides is 1. The Morgan fingerprint density at radius 1 is 1.29 bits per heavy atom. The van der Waals surface area contributed by atoms with E-state index in [9.17, 15) is 13.6 Å². The Bertz CT molecular complexity index is 543. The lowest BCUT2D eigenvalue weighted by Gasteiger charge is -2.12. The van der Waals surface area contributed by atoms with Gasteiger partial charge in [0.2, 0.25) is 0 Å². The zero-order chi connectivity index (χ0) is 15.1. The fraction of sp³-hybridized carbons (Fsp3) is 0.533. The zero-order valence-electron chi connectivity index (χ0n) is 11.9. The fourth-order valence-electron chi connectivity index (χ4n) is 3.00. The van der Waals surface area contributed by atoms with Crippen molar-refractivity contribution in [2.75, 3.05) is 18.5 Å². The van der Waals surface area contributed by atoms with Crippen LogP contribution in [0.1, 0.15) is 25.3 Å². The van der Waals surface area contributed by atoms with E-state index in [2.05, 4.69) is 5.32 Å². The highest BCUT2D eigenvalue weighted by Gasteiger charge is 2.56. The van der Waals surface area contributed by atoms with E-state index >= 15 is 0 Å². The summed E-state index contributed by atoms with van der Waals surface area (Å²) >= 11 is 0. The Balaban J connectivity index is 1.75. The molecule has 1 saturated carbocycles. The molecule has 3 rings (SSSR count). The van der Waals surface area contributed by atoms with Gasteiger partial charge in [-0.05, 0) is 37.8 Å². The molecule has 1 aliphatic carbocycles. The summed E-state index contributed by atoms with van der Waals surface area (Å²) in [7, 11) is 0. The molecule has 6 heteroatoms. The molecule has 2 fully saturated rings. The van der Waals surface area contributed by atoms with Crippen LogP contribution in [0.3, 0.4) is 0 Å². The molecule has 3 atom stereocenters. The number of benzene rings is 1. The first-order valence-electron chi connectivity index (χ1n) is 7.01. The standard InChI is InChI=1S/C15H17F2NO3/c1-7(2)21-15(19)18-8-3-11(16)14(12(17)4-8)13-9-5-20-6-10(9)13/h3-4,7,9-10,13H,5-6H2,1-2H3,(H,18,19)/t9-,10+,13?. The quantitative estimate of drug-likeness (QED) is 0.931. The molecule has 1 unspecified atom stereocenters. The van der Waals surface area contributed by atoms with Gasteiger partial charge < -0.3 is 9.47 Å². The Morgan fingerprint density at radius 2 is 1.86 bits per heavy atom. The lowest BCUT2D eigenvalue weighted by molar-refractivity contribution is 0.130. The van der Waals surface area contributed by atoms with E-state index in [1.165, 1.54) is 0 Å². The largest absolute Gasteiger partial charge is 0.447 e. The van der Waals surface area contributed by atoms with Crippen LogP contribution in [0.25, 0.3) is 0 Å². The summed E-state index contributed by atoms with van der Waals surface area (Å²) in [5.74, 6) is -0.920. The lowest BCUT2D eigenvalue weighted by Crippen LogP contribution is -2.18. The van der Waals surface area contributed by atoms with Gasteiger partial charge in [-0.25, -0.2) is 13.6 Å². The molecule has 4 nitrogen and oxygen atoms in total. The summed E-state index contributed by atoms with van der Waals surface area (Å²) < 4.78 is 38.4. The summed E-state index contributed by atoms with van der Waals surface area (Å²) in [6.07, 6.45) is -1.03. The maximum absolute atomic E-state index is 14.1. The van der Waals surface area contributed by atoms with Crippen molar-refractivity contribution in [1.29, 1.82) is 0 Å². The third-order valence-corrected chi connectivity index (χ3v) is 3.95. The molecule has 1 aromatic carbocycles. The summed E-state index contributed by atoms with van der Waals surface area (Å²) in [6.45, 7) is 4.51. The molecule has 0 radical (unpaired) electrons. The maximum Gasteiger partial charge on any atom is 0.411 e. The van der Waals surface area contributed by atoms with Gasteiger partial charge in [0.15, 0.2) is 0 Å². The van der Waals surface area contributed by atoms with Crippen LogP contribution in [0.15, 0.2) is 12.1 Å². The first-order valence-corrected chi connectivity index (χ1v) is 7.01. The average Bonchev–Trinajstić information content (AvgIpc) is 2.80. The minimum absolute atomic E-state index is 0.0569. The third kappa shape index (κ3) is 2.72. The number of nitrogens with one attached hydrogen (secondary N) is 1. The van der Waals surface area contributed by atoms with Gasteiger partial charge in [-0.15, -0.1) is 0 Å². The summed E-state index contributed by atoms with van der Waals surface area (Å²) in [6, 6.07) is 2.27. The molecule has 1 heterocycles. The van der Waals surface area contributed by atoms with Crippen LogP contribution in [0.5, 0.6) is 0 Å². The van der Waals surface area contributed by atoms with Crippen LogP contribution < -0.4 is 5.32 Å². The number of rotatable bonds is 3. The van der Waals surface area contributed by atoms with Crippen molar-refractivity contribution >= 4 is 11.8 Å². The highest BCUT2D eigenvalue weighted by molar-refractivity contribution is 5.84. The molecule has 1 amide bonds.